The summed E-state index contributed by atoms with van der Waals surface area (Å²) in [5.41, 5.74) is 1.09. The fourth-order valence-electron chi connectivity index (χ4n) is 1.51. The van der Waals surface area contributed by atoms with Crippen LogP contribution in [0.2, 0.25) is 0 Å². The molecule has 0 atom stereocenters. The van der Waals surface area contributed by atoms with Gasteiger partial charge in [0.05, 0.1) is 5.69 Å². The van der Waals surface area contributed by atoms with Crippen LogP contribution in [0.25, 0.3) is 11.0 Å². The zero-order chi connectivity index (χ0) is 10.8. The van der Waals surface area contributed by atoms with E-state index < -0.39 is 0 Å². The molecular weight excluding hydrogens is 192 g/mol. The Morgan fingerprint density at radius 2 is 2.07 bits per heavy atom. The maximum atomic E-state index is 11.8. The molecule has 0 bridgehead atoms. The van der Waals surface area contributed by atoms with Gasteiger partial charge in [-0.25, -0.2) is 15.0 Å². The molecule has 0 aliphatic rings. The number of rotatable bonds is 2. The van der Waals surface area contributed by atoms with Crippen molar-refractivity contribution in [1.29, 1.82) is 0 Å². The second-order valence-corrected chi connectivity index (χ2v) is 3.24. The summed E-state index contributed by atoms with van der Waals surface area (Å²) in [6.45, 7) is 3.89. The zero-order valence-corrected chi connectivity index (χ0v) is 8.74. The maximum absolute atomic E-state index is 11.8. The van der Waals surface area contributed by atoms with Crippen molar-refractivity contribution in [2.24, 2.45) is 0 Å². The molecule has 0 radical (unpaired) electrons. The summed E-state index contributed by atoms with van der Waals surface area (Å²) in [4.78, 5) is 26.8. The van der Waals surface area contributed by atoms with Crippen LogP contribution in [0.3, 0.4) is 0 Å². The molecule has 5 nitrogen and oxygen atoms in total. The summed E-state index contributed by atoms with van der Waals surface area (Å²) in [6.07, 6.45) is 2.85. The predicted molar refractivity (Wildman–Crippen MR) is 56.7 cm³/mol. The number of aromatic amines is 1. The van der Waals surface area contributed by atoms with Crippen LogP contribution in [0.1, 0.15) is 25.4 Å². The van der Waals surface area contributed by atoms with Gasteiger partial charge >= 0.3 is 0 Å². The lowest BCUT2D eigenvalue weighted by Crippen LogP contribution is -2.14. The third kappa shape index (κ3) is 1.60. The molecule has 15 heavy (non-hydrogen) atoms. The SMILES string of the molecule is CCc1nc2ncnc(CC)c2c(=O)[nH]1. The third-order valence-corrected chi connectivity index (χ3v) is 2.30. The smallest absolute Gasteiger partial charge is 0.262 e. The van der Waals surface area contributed by atoms with Gasteiger partial charge in [0.2, 0.25) is 0 Å². The van der Waals surface area contributed by atoms with Gasteiger partial charge in [-0.15, -0.1) is 0 Å². The van der Waals surface area contributed by atoms with Crippen LogP contribution in [0.5, 0.6) is 0 Å². The van der Waals surface area contributed by atoms with Gasteiger partial charge in [-0.1, -0.05) is 13.8 Å². The number of nitrogens with one attached hydrogen (secondary N) is 1. The Morgan fingerprint density at radius 1 is 1.27 bits per heavy atom. The summed E-state index contributed by atoms with van der Waals surface area (Å²) < 4.78 is 0. The Bertz CT molecular complexity index is 547. The fraction of sp³-hybridized carbons (Fsp3) is 0.400. The number of aryl methyl sites for hydroxylation is 2. The van der Waals surface area contributed by atoms with Crippen LogP contribution in [0.15, 0.2) is 11.1 Å². The highest BCUT2D eigenvalue weighted by Crippen LogP contribution is 2.07. The summed E-state index contributed by atoms with van der Waals surface area (Å²) >= 11 is 0. The van der Waals surface area contributed by atoms with Gasteiger partial charge in [-0.2, -0.15) is 0 Å². The van der Waals surface area contributed by atoms with Crippen molar-refractivity contribution >= 4 is 11.0 Å². The van der Waals surface area contributed by atoms with Crippen molar-refractivity contribution in [2.45, 2.75) is 26.7 Å². The third-order valence-electron chi connectivity index (χ3n) is 2.30. The molecule has 0 spiro atoms. The number of H-pyrrole nitrogens is 1. The Balaban J connectivity index is 2.85. The molecule has 0 amide bonds. The molecule has 0 saturated heterocycles. The standard InChI is InChI=1S/C10H12N4O/c1-3-6-8-9(12-5-11-6)13-7(4-2)14-10(8)15/h5H,3-4H2,1-2H3,(H,11,12,13,14,15). The Labute approximate surface area is 86.6 Å². The first-order chi connectivity index (χ1) is 7.26. The van der Waals surface area contributed by atoms with E-state index in [4.69, 9.17) is 0 Å². The molecule has 2 aromatic rings. The molecule has 2 rings (SSSR count). The quantitative estimate of drug-likeness (QED) is 0.786. The van der Waals surface area contributed by atoms with Crippen LogP contribution in [0, 0.1) is 0 Å². The van der Waals surface area contributed by atoms with E-state index in [1.54, 1.807) is 0 Å². The lowest BCUT2D eigenvalue weighted by atomic mass is 10.2. The first-order valence-corrected chi connectivity index (χ1v) is 4.99. The van der Waals surface area contributed by atoms with E-state index in [0.717, 1.165) is 5.69 Å². The zero-order valence-electron chi connectivity index (χ0n) is 8.74. The first-order valence-electron chi connectivity index (χ1n) is 4.99. The Kier molecular flexibility index (Phi) is 2.45. The number of fused-ring (bicyclic) bond motifs is 1. The van der Waals surface area contributed by atoms with Crippen molar-refractivity contribution in [3.05, 3.63) is 28.2 Å². The van der Waals surface area contributed by atoms with E-state index in [1.807, 2.05) is 13.8 Å². The minimum absolute atomic E-state index is 0.144. The highest BCUT2D eigenvalue weighted by Gasteiger charge is 2.08. The number of hydrogen-bond donors (Lipinski definition) is 1. The topological polar surface area (TPSA) is 71.5 Å². The van der Waals surface area contributed by atoms with E-state index in [2.05, 4.69) is 19.9 Å². The fourth-order valence-corrected chi connectivity index (χ4v) is 1.51. The normalized spacial score (nSPS) is 10.8. The highest BCUT2D eigenvalue weighted by molar-refractivity contribution is 5.75. The predicted octanol–water partition coefficient (Wildman–Crippen LogP) is 0.838. The lowest BCUT2D eigenvalue weighted by molar-refractivity contribution is 0.921. The van der Waals surface area contributed by atoms with Gasteiger partial charge in [0.1, 0.15) is 17.5 Å². The number of nitrogens with zero attached hydrogens (tertiary/aromatic N) is 3. The van der Waals surface area contributed by atoms with Crippen molar-refractivity contribution < 1.29 is 0 Å². The van der Waals surface area contributed by atoms with E-state index in [0.29, 0.717) is 29.7 Å². The molecule has 5 heteroatoms. The largest absolute Gasteiger partial charge is 0.310 e. The van der Waals surface area contributed by atoms with Gasteiger partial charge < -0.3 is 4.98 Å². The van der Waals surface area contributed by atoms with Crippen LogP contribution < -0.4 is 5.56 Å². The second kappa shape index (κ2) is 3.76. The highest BCUT2D eigenvalue weighted by atomic mass is 16.1. The van der Waals surface area contributed by atoms with Crippen molar-refractivity contribution in [2.75, 3.05) is 0 Å². The maximum Gasteiger partial charge on any atom is 0.262 e. The molecule has 0 aliphatic heterocycles. The van der Waals surface area contributed by atoms with Crippen LogP contribution >= 0.6 is 0 Å². The Hall–Kier alpha value is -1.78. The van der Waals surface area contributed by atoms with Gasteiger partial charge in [0.25, 0.3) is 5.56 Å². The molecule has 0 aliphatic carbocycles. The molecule has 2 heterocycles. The summed E-state index contributed by atoms with van der Waals surface area (Å²) in [7, 11) is 0. The minimum Gasteiger partial charge on any atom is -0.310 e. The Morgan fingerprint density at radius 3 is 2.73 bits per heavy atom. The molecule has 0 fully saturated rings. The van der Waals surface area contributed by atoms with Crippen molar-refractivity contribution in [1.82, 2.24) is 19.9 Å². The number of aromatic nitrogens is 4. The molecule has 0 saturated carbocycles. The van der Waals surface area contributed by atoms with E-state index >= 15 is 0 Å². The lowest BCUT2D eigenvalue weighted by Gasteiger charge is -2.02. The van der Waals surface area contributed by atoms with E-state index in [9.17, 15) is 4.79 Å². The molecular formula is C10H12N4O. The van der Waals surface area contributed by atoms with Gasteiger partial charge in [0, 0.05) is 6.42 Å². The average molecular weight is 204 g/mol. The summed E-state index contributed by atoms with van der Waals surface area (Å²) in [5.74, 6) is 0.660. The molecule has 78 valence electrons. The minimum atomic E-state index is -0.144. The molecule has 2 aromatic heterocycles. The van der Waals surface area contributed by atoms with Gasteiger partial charge in [-0.3, -0.25) is 4.79 Å². The first kappa shape index (κ1) is 9.76. The molecule has 1 N–H and O–H groups in total. The van der Waals surface area contributed by atoms with Crippen LogP contribution in [-0.4, -0.2) is 19.9 Å². The van der Waals surface area contributed by atoms with Crippen molar-refractivity contribution in [3.8, 4) is 0 Å². The molecule has 0 unspecified atom stereocenters. The summed E-state index contributed by atoms with van der Waals surface area (Å²) in [5, 5.41) is 0.511. The van der Waals surface area contributed by atoms with Gasteiger partial charge in [0.15, 0.2) is 5.65 Å². The van der Waals surface area contributed by atoms with Gasteiger partial charge in [-0.05, 0) is 6.42 Å². The van der Waals surface area contributed by atoms with Crippen molar-refractivity contribution in [3.63, 3.8) is 0 Å². The van der Waals surface area contributed by atoms with Crippen LogP contribution in [0.4, 0.5) is 0 Å². The summed E-state index contributed by atoms with van der Waals surface area (Å²) in [6, 6.07) is 0. The van der Waals surface area contributed by atoms with E-state index in [1.165, 1.54) is 6.33 Å². The van der Waals surface area contributed by atoms with Crippen LogP contribution in [-0.2, 0) is 12.8 Å². The average Bonchev–Trinajstić information content (AvgIpc) is 2.27. The molecule has 0 aromatic carbocycles. The van der Waals surface area contributed by atoms with E-state index in [-0.39, 0.29) is 5.56 Å². The monoisotopic (exact) mass is 204 g/mol. The second-order valence-electron chi connectivity index (χ2n) is 3.24. The number of hydrogen-bond acceptors (Lipinski definition) is 4.